The zero-order valence-corrected chi connectivity index (χ0v) is 17.9. The molecule has 1 aliphatic rings. The van der Waals surface area contributed by atoms with Gasteiger partial charge in [0.2, 0.25) is 0 Å². The zero-order valence-electron chi connectivity index (χ0n) is 17.1. The molecular weight excluding hydrogens is 400 g/mol. The van der Waals surface area contributed by atoms with Crippen LogP contribution in [0, 0.1) is 0 Å². The Kier molecular flexibility index (Phi) is 4.28. The summed E-state index contributed by atoms with van der Waals surface area (Å²) in [6.07, 6.45) is 2.01. The fraction of sp³-hybridized carbons (Fsp3) is 0.0769. The Bertz CT molecular complexity index is 1410. The van der Waals surface area contributed by atoms with Crippen LogP contribution in [-0.4, -0.2) is 21.1 Å². The molecule has 0 unspecified atom stereocenters. The number of rotatable bonds is 3. The molecule has 0 atom stereocenters. The number of hydrogen-bond donors (Lipinski definition) is 0. The van der Waals surface area contributed by atoms with E-state index in [0.717, 1.165) is 23.6 Å². The van der Waals surface area contributed by atoms with Gasteiger partial charge in [0.05, 0.1) is 11.4 Å². The van der Waals surface area contributed by atoms with Crippen LogP contribution >= 0.6 is 11.8 Å². The fourth-order valence-corrected chi connectivity index (χ4v) is 5.39. The van der Waals surface area contributed by atoms with Crippen LogP contribution < -0.4 is 4.90 Å². The van der Waals surface area contributed by atoms with Crippen LogP contribution in [-0.2, 0) is 0 Å². The van der Waals surface area contributed by atoms with Gasteiger partial charge in [-0.1, -0.05) is 54.2 Å². The van der Waals surface area contributed by atoms with Gasteiger partial charge in [0.25, 0.3) is 0 Å². The second-order valence-corrected chi connectivity index (χ2v) is 8.61. The van der Waals surface area contributed by atoms with Gasteiger partial charge >= 0.3 is 0 Å². The van der Waals surface area contributed by atoms with E-state index in [1.54, 1.807) is 0 Å². The van der Waals surface area contributed by atoms with Crippen molar-refractivity contribution in [1.82, 2.24) is 14.6 Å². The SMILES string of the molecule is CCN1c2ccc(-c3ccccc3)cc2Sc2cc(-c3nnc4ccccn34)ccc21. The summed E-state index contributed by atoms with van der Waals surface area (Å²) in [5.41, 5.74) is 6.92. The van der Waals surface area contributed by atoms with Crippen LogP contribution in [0.4, 0.5) is 11.4 Å². The molecule has 5 aromatic rings. The Balaban J connectivity index is 1.45. The van der Waals surface area contributed by atoms with E-state index in [0.29, 0.717) is 0 Å². The maximum Gasteiger partial charge on any atom is 0.168 e. The topological polar surface area (TPSA) is 33.4 Å². The molecule has 0 radical (unpaired) electrons. The number of aromatic nitrogens is 3. The lowest BCUT2D eigenvalue weighted by Crippen LogP contribution is -2.20. The van der Waals surface area contributed by atoms with Gasteiger partial charge in [-0.05, 0) is 60.5 Å². The Hall–Kier alpha value is -3.57. The molecule has 0 spiro atoms. The smallest absolute Gasteiger partial charge is 0.168 e. The predicted molar refractivity (Wildman–Crippen MR) is 127 cm³/mol. The van der Waals surface area contributed by atoms with E-state index in [1.165, 1.54) is 32.3 Å². The van der Waals surface area contributed by atoms with Crippen molar-refractivity contribution in [3.63, 3.8) is 0 Å². The molecule has 3 heterocycles. The molecule has 5 heteroatoms. The van der Waals surface area contributed by atoms with Gasteiger partial charge in [-0.2, -0.15) is 0 Å². The first-order valence-corrected chi connectivity index (χ1v) is 11.2. The van der Waals surface area contributed by atoms with E-state index in [9.17, 15) is 0 Å². The minimum absolute atomic E-state index is 0.857. The summed E-state index contributed by atoms with van der Waals surface area (Å²) in [5.74, 6) is 0.867. The first kappa shape index (κ1) is 18.2. The molecule has 4 nitrogen and oxygen atoms in total. The molecule has 0 N–H and O–H groups in total. The number of benzene rings is 3. The van der Waals surface area contributed by atoms with Crippen LogP contribution in [0.25, 0.3) is 28.2 Å². The van der Waals surface area contributed by atoms with Crippen molar-refractivity contribution in [1.29, 1.82) is 0 Å². The van der Waals surface area contributed by atoms with Crippen LogP contribution in [0.15, 0.2) is 101 Å². The van der Waals surface area contributed by atoms with E-state index in [1.807, 2.05) is 40.6 Å². The van der Waals surface area contributed by atoms with Gasteiger partial charge in [0.1, 0.15) is 0 Å². The third-order valence-electron chi connectivity index (χ3n) is 5.72. The molecular formula is C26H20N4S. The van der Waals surface area contributed by atoms with Crippen molar-refractivity contribution in [2.75, 3.05) is 11.4 Å². The summed E-state index contributed by atoms with van der Waals surface area (Å²) >= 11 is 1.83. The second-order valence-electron chi connectivity index (χ2n) is 7.53. The van der Waals surface area contributed by atoms with Crippen molar-refractivity contribution >= 4 is 28.8 Å². The zero-order chi connectivity index (χ0) is 20.8. The van der Waals surface area contributed by atoms with Gasteiger partial charge in [-0.3, -0.25) is 4.40 Å². The maximum atomic E-state index is 4.44. The number of fused-ring (bicyclic) bond motifs is 3. The summed E-state index contributed by atoms with van der Waals surface area (Å²) < 4.78 is 2.04. The highest BCUT2D eigenvalue weighted by Crippen LogP contribution is 2.50. The lowest BCUT2D eigenvalue weighted by atomic mass is 10.0. The van der Waals surface area contributed by atoms with E-state index >= 15 is 0 Å². The fourth-order valence-electron chi connectivity index (χ4n) is 4.21. The standard InChI is InChI=1S/C26H20N4S/c1-2-29-21-13-11-19(18-8-4-3-5-9-18)16-23(21)31-24-17-20(12-14-22(24)29)26-28-27-25-10-6-7-15-30(25)26/h3-17H,2H2,1H3. The lowest BCUT2D eigenvalue weighted by Gasteiger charge is -2.32. The third kappa shape index (κ3) is 3.01. The molecule has 0 saturated heterocycles. The van der Waals surface area contributed by atoms with Gasteiger partial charge in [-0.15, -0.1) is 10.2 Å². The van der Waals surface area contributed by atoms with Gasteiger partial charge in [0, 0.05) is 28.1 Å². The molecule has 2 aromatic heterocycles. The van der Waals surface area contributed by atoms with E-state index in [2.05, 4.69) is 88.8 Å². The number of anilines is 2. The highest BCUT2D eigenvalue weighted by Gasteiger charge is 2.24. The molecule has 0 saturated carbocycles. The van der Waals surface area contributed by atoms with Crippen molar-refractivity contribution in [2.24, 2.45) is 0 Å². The van der Waals surface area contributed by atoms with Crippen LogP contribution in [0.2, 0.25) is 0 Å². The molecule has 3 aromatic carbocycles. The summed E-state index contributed by atoms with van der Waals surface area (Å²) in [7, 11) is 0. The molecule has 31 heavy (non-hydrogen) atoms. The van der Waals surface area contributed by atoms with Crippen LogP contribution in [0.3, 0.4) is 0 Å². The predicted octanol–water partition coefficient (Wildman–Crippen LogP) is 6.69. The van der Waals surface area contributed by atoms with E-state index in [-0.39, 0.29) is 0 Å². The summed E-state index contributed by atoms with van der Waals surface area (Å²) in [6, 6.07) is 29.9. The number of nitrogens with zero attached hydrogens (tertiary/aromatic N) is 4. The van der Waals surface area contributed by atoms with E-state index in [4.69, 9.17) is 0 Å². The van der Waals surface area contributed by atoms with Crippen molar-refractivity contribution in [3.8, 4) is 22.5 Å². The largest absolute Gasteiger partial charge is 0.340 e. The van der Waals surface area contributed by atoms with Crippen molar-refractivity contribution < 1.29 is 0 Å². The normalized spacial score (nSPS) is 12.6. The van der Waals surface area contributed by atoms with E-state index < -0.39 is 0 Å². The summed E-state index contributed by atoms with van der Waals surface area (Å²) in [4.78, 5) is 4.91. The van der Waals surface area contributed by atoms with Crippen molar-refractivity contribution in [2.45, 2.75) is 16.7 Å². The monoisotopic (exact) mass is 420 g/mol. The Morgan fingerprint density at radius 2 is 1.42 bits per heavy atom. The molecule has 0 fully saturated rings. The van der Waals surface area contributed by atoms with Gasteiger partial charge in [0.15, 0.2) is 11.5 Å². The average molecular weight is 421 g/mol. The molecule has 0 bridgehead atoms. The summed E-state index contributed by atoms with van der Waals surface area (Å²) in [5, 5.41) is 8.76. The third-order valence-corrected chi connectivity index (χ3v) is 6.81. The molecule has 0 amide bonds. The maximum absolute atomic E-state index is 4.44. The van der Waals surface area contributed by atoms with Gasteiger partial charge < -0.3 is 4.90 Å². The minimum atomic E-state index is 0.857. The second kappa shape index (κ2) is 7.29. The number of hydrogen-bond acceptors (Lipinski definition) is 4. The molecule has 1 aliphatic heterocycles. The summed E-state index contributed by atoms with van der Waals surface area (Å²) in [6.45, 7) is 3.12. The van der Waals surface area contributed by atoms with Crippen molar-refractivity contribution in [3.05, 3.63) is 91.1 Å². The Morgan fingerprint density at radius 3 is 2.19 bits per heavy atom. The van der Waals surface area contributed by atoms with Crippen LogP contribution in [0.1, 0.15) is 6.92 Å². The molecule has 6 rings (SSSR count). The number of pyridine rings is 1. The quantitative estimate of drug-likeness (QED) is 0.326. The highest BCUT2D eigenvalue weighted by atomic mass is 32.2. The highest BCUT2D eigenvalue weighted by molar-refractivity contribution is 7.99. The molecule has 0 aliphatic carbocycles. The molecule has 150 valence electrons. The first-order chi connectivity index (χ1) is 15.3. The van der Waals surface area contributed by atoms with Crippen LogP contribution in [0.5, 0.6) is 0 Å². The van der Waals surface area contributed by atoms with Gasteiger partial charge in [-0.25, -0.2) is 0 Å². The first-order valence-electron chi connectivity index (χ1n) is 10.4. The Morgan fingerprint density at radius 1 is 0.710 bits per heavy atom. The minimum Gasteiger partial charge on any atom is -0.340 e. The lowest BCUT2D eigenvalue weighted by molar-refractivity contribution is 0.979. The average Bonchev–Trinajstić information content (AvgIpc) is 3.26. The Labute approximate surface area is 185 Å².